The Balaban J connectivity index is 1.57. The monoisotopic (exact) mass is 330 g/mol. The van der Waals surface area contributed by atoms with Crippen LogP contribution in [-0.2, 0) is 10.3 Å². The van der Waals surface area contributed by atoms with E-state index in [2.05, 4.69) is 22.8 Å². The number of amides is 1. The standard InChI is InChI=1S/C19H26N2O3/c22-18(14-5-9-20-10-6-14)21-19(7-1-2-8-19)15-3-4-16-17(13-15)24-12-11-23-16/h3-4,13-14,20H,1-2,5-12H2,(H,21,22). The summed E-state index contributed by atoms with van der Waals surface area (Å²) >= 11 is 0. The van der Waals surface area contributed by atoms with Gasteiger partial charge in [0.2, 0.25) is 5.91 Å². The van der Waals surface area contributed by atoms with Crippen LogP contribution in [0.25, 0.3) is 0 Å². The first-order valence-electron chi connectivity index (χ1n) is 9.20. The molecule has 0 bridgehead atoms. The zero-order chi connectivity index (χ0) is 16.4. The number of fused-ring (bicyclic) bond motifs is 1. The molecule has 2 aliphatic heterocycles. The van der Waals surface area contributed by atoms with E-state index in [0.29, 0.717) is 13.2 Å². The van der Waals surface area contributed by atoms with Gasteiger partial charge in [-0.3, -0.25) is 4.79 Å². The third-order valence-corrected chi connectivity index (χ3v) is 5.62. The molecule has 2 N–H and O–H groups in total. The van der Waals surface area contributed by atoms with Gasteiger partial charge in [-0.05, 0) is 56.5 Å². The summed E-state index contributed by atoms with van der Waals surface area (Å²) in [5.74, 6) is 1.97. The lowest BCUT2D eigenvalue weighted by Gasteiger charge is -2.34. The van der Waals surface area contributed by atoms with Crippen LogP contribution in [0.4, 0.5) is 0 Å². The van der Waals surface area contributed by atoms with E-state index < -0.39 is 0 Å². The molecule has 2 fully saturated rings. The molecule has 0 unspecified atom stereocenters. The molecule has 4 rings (SSSR count). The summed E-state index contributed by atoms with van der Waals surface area (Å²) < 4.78 is 11.4. The highest BCUT2D eigenvalue weighted by molar-refractivity contribution is 5.80. The van der Waals surface area contributed by atoms with Crippen molar-refractivity contribution >= 4 is 5.91 Å². The maximum Gasteiger partial charge on any atom is 0.223 e. The topological polar surface area (TPSA) is 59.6 Å². The number of carbonyl (C=O) groups excluding carboxylic acids is 1. The molecule has 5 nitrogen and oxygen atoms in total. The number of hydrogen-bond acceptors (Lipinski definition) is 4. The van der Waals surface area contributed by atoms with E-state index in [9.17, 15) is 4.79 Å². The molecule has 24 heavy (non-hydrogen) atoms. The molecule has 1 saturated carbocycles. The lowest BCUT2D eigenvalue weighted by atomic mass is 9.86. The highest BCUT2D eigenvalue weighted by Crippen LogP contribution is 2.42. The van der Waals surface area contributed by atoms with Crippen molar-refractivity contribution in [3.63, 3.8) is 0 Å². The summed E-state index contributed by atoms with van der Waals surface area (Å²) in [7, 11) is 0. The molecule has 0 atom stereocenters. The van der Waals surface area contributed by atoms with Crippen LogP contribution in [0.5, 0.6) is 11.5 Å². The van der Waals surface area contributed by atoms with Crippen LogP contribution in [-0.4, -0.2) is 32.2 Å². The highest BCUT2D eigenvalue weighted by Gasteiger charge is 2.39. The van der Waals surface area contributed by atoms with Crippen LogP contribution in [0, 0.1) is 5.92 Å². The molecule has 3 aliphatic rings. The van der Waals surface area contributed by atoms with Crippen molar-refractivity contribution in [2.24, 2.45) is 5.92 Å². The summed E-state index contributed by atoms with van der Waals surface area (Å²) in [5, 5.41) is 6.75. The van der Waals surface area contributed by atoms with E-state index >= 15 is 0 Å². The molecule has 1 amide bonds. The molecule has 1 saturated heterocycles. The Bertz CT molecular complexity index is 605. The maximum absolute atomic E-state index is 12.8. The predicted molar refractivity (Wildman–Crippen MR) is 91.3 cm³/mol. The van der Waals surface area contributed by atoms with Crippen molar-refractivity contribution in [3.8, 4) is 11.5 Å². The fraction of sp³-hybridized carbons (Fsp3) is 0.632. The third kappa shape index (κ3) is 2.97. The zero-order valence-corrected chi connectivity index (χ0v) is 14.1. The molecule has 0 spiro atoms. The molecular formula is C19H26N2O3. The van der Waals surface area contributed by atoms with E-state index in [-0.39, 0.29) is 17.4 Å². The Labute approximate surface area is 143 Å². The lowest BCUT2D eigenvalue weighted by Crippen LogP contribution is -2.48. The van der Waals surface area contributed by atoms with Crippen molar-refractivity contribution in [3.05, 3.63) is 23.8 Å². The van der Waals surface area contributed by atoms with E-state index in [1.807, 2.05) is 6.07 Å². The number of hydrogen-bond donors (Lipinski definition) is 2. The summed E-state index contributed by atoms with van der Waals surface area (Å²) in [6, 6.07) is 6.16. The van der Waals surface area contributed by atoms with E-state index in [1.54, 1.807) is 0 Å². The molecule has 2 heterocycles. The average Bonchev–Trinajstić information content (AvgIpc) is 3.11. The van der Waals surface area contributed by atoms with Gasteiger partial charge in [0.15, 0.2) is 11.5 Å². The number of carbonyl (C=O) groups is 1. The van der Waals surface area contributed by atoms with Gasteiger partial charge < -0.3 is 20.1 Å². The largest absolute Gasteiger partial charge is 0.486 e. The SMILES string of the molecule is O=C(NC1(c2ccc3c(c2)OCCO3)CCCC1)C1CCNCC1. The quantitative estimate of drug-likeness (QED) is 0.893. The maximum atomic E-state index is 12.8. The van der Waals surface area contributed by atoms with Crippen molar-refractivity contribution in [1.82, 2.24) is 10.6 Å². The van der Waals surface area contributed by atoms with Crippen LogP contribution >= 0.6 is 0 Å². The van der Waals surface area contributed by atoms with Gasteiger partial charge in [-0.1, -0.05) is 18.9 Å². The summed E-state index contributed by atoms with van der Waals surface area (Å²) in [5.41, 5.74) is 0.921. The van der Waals surface area contributed by atoms with Crippen LogP contribution in [0.15, 0.2) is 18.2 Å². The smallest absolute Gasteiger partial charge is 0.223 e. The summed E-state index contributed by atoms with van der Waals surface area (Å²) in [6.07, 6.45) is 6.18. The van der Waals surface area contributed by atoms with Gasteiger partial charge in [0, 0.05) is 5.92 Å². The molecular weight excluding hydrogens is 304 g/mol. The molecule has 0 aromatic heterocycles. The minimum Gasteiger partial charge on any atom is -0.486 e. The Hall–Kier alpha value is -1.75. The fourth-order valence-corrected chi connectivity index (χ4v) is 4.23. The predicted octanol–water partition coefficient (Wildman–Crippen LogP) is 2.34. The third-order valence-electron chi connectivity index (χ3n) is 5.62. The normalized spacial score (nSPS) is 23.0. The lowest BCUT2D eigenvalue weighted by molar-refractivity contribution is -0.127. The van der Waals surface area contributed by atoms with Gasteiger partial charge in [0.05, 0.1) is 5.54 Å². The van der Waals surface area contributed by atoms with E-state index in [4.69, 9.17) is 9.47 Å². The number of rotatable bonds is 3. The van der Waals surface area contributed by atoms with Gasteiger partial charge in [-0.15, -0.1) is 0 Å². The van der Waals surface area contributed by atoms with Crippen LogP contribution in [0.1, 0.15) is 44.1 Å². The average molecular weight is 330 g/mol. The second-order valence-corrected chi connectivity index (χ2v) is 7.16. The van der Waals surface area contributed by atoms with Crippen molar-refractivity contribution < 1.29 is 14.3 Å². The molecule has 130 valence electrons. The van der Waals surface area contributed by atoms with Crippen molar-refractivity contribution in [2.45, 2.75) is 44.1 Å². The van der Waals surface area contributed by atoms with Gasteiger partial charge in [0.25, 0.3) is 0 Å². The first-order valence-corrected chi connectivity index (χ1v) is 9.20. The van der Waals surface area contributed by atoms with E-state index in [0.717, 1.165) is 68.7 Å². The molecule has 1 aromatic carbocycles. The second-order valence-electron chi connectivity index (χ2n) is 7.16. The van der Waals surface area contributed by atoms with Gasteiger partial charge in [-0.25, -0.2) is 0 Å². The molecule has 0 radical (unpaired) electrons. The van der Waals surface area contributed by atoms with Crippen molar-refractivity contribution in [1.29, 1.82) is 0 Å². The zero-order valence-electron chi connectivity index (χ0n) is 14.1. The molecule has 5 heteroatoms. The Morgan fingerprint density at radius 1 is 1.08 bits per heavy atom. The molecule has 1 aromatic rings. The van der Waals surface area contributed by atoms with E-state index in [1.165, 1.54) is 0 Å². The van der Waals surface area contributed by atoms with Crippen molar-refractivity contribution in [2.75, 3.05) is 26.3 Å². The minimum atomic E-state index is -0.238. The summed E-state index contributed by atoms with van der Waals surface area (Å²) in [4.78, 5) is 12.8. The molecule has 1 aliphatic carbocycles. The first kappa shape index (κ1) is 15.8. The van der Waals surface area contributed by atoms with Crippen LogP contribution in [0.2, 0.25) is 0 Å². The number of nitrogens with one attached hydrogen (secondary N) is 2. The van der Waals surface area contributed by atoms with Gasteiger partial charge in [0.1, 0.15) is 13.2 Å². The highest BCUT2D eigenvalue weighted by atomic mass is 16.6. The fourth-order valence-electron chi connectivity index (χ4n) is 4.23. The van der Waals surface area contributed by atoms with Gasteiger partial charge >= 0.3 is 0 Å². The number of ether oxygens (including phenoxy) is 2. The van der Waals surface area contributed by atoms with Crippen LogP contribution < -0.4 is 20.1 Å². The van der Waals surface area contributed by atoms with Gasteiger partial charge in [-0.2, -0.15) is 0 Å². The van der Waals surface area contributed by atoms with Crippen LogP contribution in [0.3, 0.4) is 0 Å². The number of benzene rings is 1. The Morgan fingerprint density at radius 3 is 2.54 bits per heavy atom. The minimum absolute atomic E-state index is 0.140. The Morgan fingerprint density at radius 2 is 1.79 bits per heavy atom. The Kier molecular flexibility index (Phi) is 4.35. The summed E-state index contributed by atoms with van der Waals surface area (Å²) in [6.45, 7) is 3.07. The number of piperidine rings is 1. The first-order chi connectivity index (χ1) is 11.8. The second kappa shape index (κ2) is 6.63.